The number of carbonyl (C=O) groups is 1. The van der Waals surface area contributed by atoms with E-state index in [2.05, 4.69) is 4.90 Å². The first-order valence-electron chi connectivity index (χ1n) is 6.51. The van der Waals surface area contributed by atoms with Crippen LogP contribution in [-0.4, -0.2) is 37.5 Å². The van der Waals surface area contributed by atoms with Crippen LogP contribution < -0.4 is 10.6 Å². The van der Waals surface area contributed by atoms with Gasteiger partial charge >= 0.3 is 0 Å². The highest BCUT2D eigenvalue weighted by Crippen LogP contribution is 2.16. The molecular formula is C14H21N3O. The number of hydrogen-bond acceptors (Lipinski definition) is 3. The molecular weight excluding hydrogens is 226 g/mol. The molecule has 4 nitrogen and oxygen atoms in total. The second-order valence-corrected chi connectivity index (χ2v) is 4.88. The summed E-state index contributed by atoms with van der Waals surface area (Å²) in [5.41, 5.74) is 7.25. The maximum atomic E-state index is 12.1. The Morgan fingerprint density at radius 1 is 1.22 bits per heavy atom. The Labute approximate surface area is 108 Å². The molecule has 98 valence electrons. The third kappa shape index (κ3) is 3.23. The number of amides is 1. The number of likely N-dealkylation sites (N-methyl/N-ethyl adjacent to an activating group) is 1. The van der Waals surface area contributed by atoms with E-state index >= 15 is 0 Å². The highest BCUT2D eigenvalue weighted by Gasteiger charge is 2.17. The number of nitrogen functional groups attached to an aromatic ring is 1. The second kappa shape index (κ2) is 5.87. The zero-order valence-corrected chi connectivity index (χ0v) is 10.9. The molecule has 0 aliphatic carbocycles. The average molecular weight is 247 g/mol. The van der Waals surface area contributed by atoms with Gasteiger partial charge in [-0.25, -0.2) is 0 Å². The Kier molecular flexibility index (Phi) is 4.20. The zero-order chi connectivity index (χ0) is 13.0. The van der Waals surface area contributed by atoms with Crippen molar-refractivity contribution in [3.05, 3.63) is 24.3 Å². The Balaban J connectivity index is 1.93. The van der Waals surface area contributed by atoms with Gasteiger partial charge < -0.3 is 10.6 Å². The number of likely N-dealkylation sites (tertiary alicyclic amines) is 1. The summed E-state index contributed by atoms with van der Waals surface area (Å²) in [7, 11) is 1.82. The van der Waals surface area contributed by atoms with Gasteiger partial charge in [-0.2, -0.15) is 0 Å². The van der Waals surface area contributed by atoms with Crippen LogP contribution in [0.25, 0.3) is 0 Å². The molecule has 4 heteroatoms. The Morgan fingerprint density at radius 2 is 1.83 bits per heavy atom. The van der Waals surface area contributed by atoms with E-state index in [0.29, 0.717) is 6.54 Å². The van der Waals surface area contributed by atoms with Gasteiger partial charge in [0.2, 0.25) is 5.91 Å². The molecule has 1 fully saturated rings. The molecule has 2 rings (SSSR count). The molecule has 1 aromatic rings. The van der Waals surface area contributed by atoms with Gasteiger partial charge in [0, 0.05) is 18.4 Å². The van der Waals surface area contributed by atoms with Crippen molar-refractivity contribution in [1.29, 1.82) is 0 Å². The van der Waals surface area contributed by atoms with Gasteiger partial charge in [0.05, 0.1) is 6.54 Å². The van der Waals surface area contributed by atoms with Crippen molar-refractivity contribution < 1.29 is 4.79 Å². The van der Waals surface area contributed by atoms with Crippen molar-refractivity contribution in [3.63, 3.8) is 0 Å². The fourth-order valence-electron chi connectivity index (χ4n) is 2.26. The molecule has 18 heavy (non-hydrogen) atoms. The molecule has 1 amide bonds. The van der Waals surface area contributed by atoms with E-state index in [1.165, 1.54) is 19.3 Å². The molecule has 1 aliphatic heterocycles. The minimum atomic E-state index is 0.140. The number of hydrogen-bond donors (Lipinski definition) is 1. The van der Waals surface area contributed by atoms with Gasteiger partial charge in [-0.15, -0.1) is 0 Å². The third-order valence-corrected chi connectivity index (χ3v) is 3.46. The van der Waals surface area contributed by atoms with Crippen LogP contribution in [0.2, 0.25) is 0 Å². The minimum absolute atomic E-state index is 0.140. The summed E-state index contributed by atoms with van der Waals surface area (Å²) < 4.78 is 0. The first-order valence-corrected chi connectivity index (χ1v) is 6.51. The molecule has 0 radical (unpaired) electrons. The number of rotatable bonds is 3. The minimum Gasteiger partial charge on any atom is -0.399 e. The van der Waals surface area contributed by atoms with Crippen LogP contribution in [0.3, 0.4) is 0 Å². The van der Waals surface area contributed by atoms with Gasteiger partial charge in [0.25, 0.3) is 0 Å². The van der Waals surface area contributed by atoms with Gasteiger partial charge in [0.15, 0.2) is 0 Å². The van der Waals surface area contributed by atoms with Gasteiger partial charge in [0.1, 0.15) is 0 Å². The molecule has 0 aromatic heterocycles. The molecule has 0 bridgehead atoms. The lowest BCUT2D eigenvalue weighted by molar-refractivity contribution is -0.119. The number of anilines is 2. The highest BCUT2D eigenvalue weighted by atomic mass is 16.2. The number of nitrogens with zero attached hydrogens (tertiary/aromatic N) is 2. The van der Waals surface area contributed by atoms with Gasteiger partial charge in [-0.3, -0.25) is 9.69 Å². The third-order valence-electron chi connectivity index (χ3n) is 3.46. The van der Waals surface area contributed by atoms with Crippen LogP contribution in [0.15, 0.2) is 24.3 Å². The van der Waals surface area contributed by atoms with E-state index in [0.717, 1.165) is 24.5 Å². The first-order chi connectivity index (χ1) is 8.66. The maximum absolute atomic E-state index is 12.1. The van der Waals surface area contributed by atoms with E-state index in [1.807, 2.05) is 31.3 Å². The quantitative estimate of drug-likeness (QED) is 0.827. The Morgan fingerprint density at radius 3 is 2.44 bits per heavy atom. The summed E-state index contributed by atoms with van der Waals surface area (Å²) in [6, 6.07) is 7.40. The fourth-order valence-corrected chi connectivity index (χ4v) is 2.26. The molecule has 1 aromatic carbocycles. The van der Waals surface area contributed by atoms with Crippen LogP contribution in [-0.2, 0) is 4.79 Å². The van der Waals surface area contributed by atoms with Crippen LogP contribution in [0.5, 0.6) is 0 Å². The molecule has 0 spiro atoms. The monoisotopic (exact) mass is 247 g/mol. The van der Waals surface area contributed by atoms with Crippen LogP contribution in [0.4, 0.5) is 11.4 Å². The summed E-state index contributed by atoms with van der Waals surface area (Å²) in [5.74, 6) is 0.140. The lowest BCUT2D eigenvalue weighted by Gasteiger charge is -2.28. The van der Waals surface area contributed by atoms with E-state index in [1.54, 1.807) is 4.90 Å². The van der Waals surface area contributed by atoms with Crippen molar-refractivity contribution in [2.24, 2.45) is 0 Å². The van der Waals surface area contributed by atoms with Crippen LogP contribution >= 0.6 is 0 Å². The van der Waals surface area contributed by atoms with Crippen molar-refractivity contribution in [1.82, 2.24) is 4.90 Å². The summed E-state index contributed by atoms with van der Waals surface area (Å²) in [6.07, 6.45) is 3.70. The van der Waals surface area contributed by atoms with Crippen molar-refractivity contribution >= 4 is 17.3 Å². The fraction of sp³-hybridized carbons (Fsp3) is 0.500. The number of benzene rings is 1. The van der Waals surface area contributed by atoms with E-state index in [4.69, 9.17) is 5.73 Å². The topological polar surface area (TPSA) is 49.6 Å². The summed E-state index contributed by atoms with van der Waals surface area (Å²) in [4.78, 5) is 16.1. The zero-order valence-electron chi connectivity index (χ0n) is 10.9. The second-order valence-electron chi connectivity index (χ2n) is 4.88. The van der Waals surface area contributed by atoms with Crippen molar-refractivity contribution in [2.45, 2.75) is 19.3 Å². The molecule has 1 aliphatic rings. The predicted molar refractivity (Wildman–Crippen MR) is 74.6 cm³/mol. The van der Waals surface area contributed by atoms with E-state index < -0.39 is 0 Å². The Hall–Kier alpha value is -1.55. The van der Waals surface area contributed by atoms with Crippen LogP contribution in [0, 0.1) is 0 Å². The predicted octanol–water partition coefficient (Wildman–Crippen LogP) is 1.72. The maximum Gasteiger partial charge on any atom is 0.240 e. The van der Waals surface area contributed by atoms with Gasteiger partial charge in [-0.05, 0) is 50.2 Å². The van der Waals surface area contributed by atoms with Gasteiger partial charge in [-0.1, -0.05) is 6.42 Å². The standard InChI is InChI=1S/C14H21N3O/c1-16(13-7-5-12(15)6-8-13)14(18)11-17-9-3-2-4-10-17/h5-8H,2-4,9-11,15H2,1H3. The molecule has 0 unspecified atom stereocenters. The number of piperidine rings is 1. The molecule has 2 N–H and O–H groups in total. The molecule has 1 heterocycles. The molecule has 1 saturated heterocycles. The molecule has 0 atom stereocenters. The van der Waals surface area contributed by atoms with Crippen molar-refractivity contribution in [3.8, 4) is 0 Å². The number of nitrogens with two attached hydrogens (primary N) is 1. The summed E-state index contributed by atoms with van der Waals surface area (Å²) in [6.45, 7) is 2.60. The summed E-state index contributed by atoms with van der Waals surface area (Å²) in [5, 5.41) is 0. The average Bonchev–Trinajstić information content (AvgIpc) is 2.40. The first kappa shape index (κ1) is 12.9. The lowest BCUT2D eigenvalue weighted by Crippen LogP contribution is -2.40. The largest absolute Gasteiger partial charge is 0.399 e. The van der Waals surface area contributed by atoms with E-state index in [-0.39, 0.29) is 5.91 Å². The smallest absolute Gasteiger partial charge is 0.240 e. The van der Waals surface area contributed by atoms with Crippen molar-refractivity contribution in [2.75, 3.05) is 37.3 Å². The SMILES string of the molecule is CN(C(=O)CN1CCCCC1)c1ccc(N)cc1. The van der Waals surface area contributed by atoms with Crippen LogP contribution in [0.1, 0.15) is 19.3 Å². The molecule has 0 saturated carbocycles. The normalized spacial score (nSPS) is 16.5. The van der Waals surface area contributed by atoms with E-state index in [9.17, 15) is 4.79 Å². The number of carbonyl (C=O) groups excluding carboxylic acids is 1. The highest BCUT2D eigenvalue weighted by molar-refractivity contribution is 5.94. The lowest BCUT2D eigenvalue weighted by atomic mass is 10.1. The summed E-state index contributed by atoms with van der Waals surface area (Å²) >= 11 is 0. The Bertz CT molecular complexity index is 396.